The summed E-state index contributed by atoms with van der Waals surface area (Å²) in [5.41, 5.74) is 8.91. The van der Waals surface area contributed by atoms with Gasteiger partial charge in [-0.15, -0.1) is 0 Å². The van der Waals surface area contributed by atoms with Crippen molar-refractivity contribution in [2.45, 2.75) is 12.8 Å². The molecule has 0 radical (unpaired) electrons. The van der Waals surface area contributed by atoms with Crippen molar-refractivity contribution in [1.29, 1.82) is 0 Å². The Morgan fingerprint density at radius 2 is 2.11 bits per heavy atom. The van der Waals surface area contributed by atoms with Crippen LogP contribution in [0.25, 0.3) is 16.5 Å². The molecule has 2 N–H and O–H groups in total. The first-order valence-electron chi connectivity index (χ1n) is 5.98. The number of phenolic OH excluding ortho intramolecular Hbond substituents is 1. The van der Waals surface area contributed by atoms with Crippen LogP contribution in [0.5, 0.6) is 5.75 Å². The first kappa shape index (κ1) is 14.6. The van der Waals surface area contributed by atoms with Crippen molar-refractivity contribution in [3.8, 4) is 5.75 Å². The molecule has 19 heavy (non-hydrogen) atoms. The number of azide groups is 1. The van der Waals surface area contributed by atoms with Crippen LogP contribution in [0.4, 0.5) is 0 Å². The van der Waals surface area contributed by atoms with Gasteiger partial charge >= 0.3 is 0 Å². The quantitative estimate of drug-likeness (QED) is 0.259. The topological polar surface area (TPSA) is 98.1 Å². The van der Waals surface area contributed by atoms with Gasteiger partial charge in [0.25, 0.3) is 0 Å². The normalized spacial score (nSPS) is 10.1. The molecule has 0 aliphatic carbocycles. The van der Waals surface area contributed by atoms with Gasteiger partial charge in [0.1, 0.15) is 5.75 Å². The van der Waals surface area contributed by atoms with E-state index in [4.69, 9.17) is 10.6 Å². The molecule has 0 aliphatic heterocycles. The number of carbonyl (C=O) groups is 1. The van der Waals surface area contributed by atoms with E-state index in [1.54, 1.807) is 30.3 Å². The average molecular weight is 260 g/mol. The fourth-order valence-electron chi connectivity index (χ4n) is 1.38. The third-order valence-corrected chi connectivity index (χ3v) is 2.37. The van der Waals surface area contributed by atoms with Crippen LogP contribution >= 0.6 is 0 Å². The third kappa shape index (κ3) is 6.75. The summed E-state index contributed by atoms with van der Waals surface area (Å²) in [5, 5.41) is 15.2. The number of hydrogen-bond acceptors (Lipinski definition) is 3. The Bertz CT molecular complexity index is 476. The second-order valence-electron chi connectivity index (χ2n) is 3.88. The zero-order valence-electron chi connectivity index (χ0n) is 10.5. The molecule has 0 unspecified atom stereocenters. The summed E-state index contributed by atoms with van der Waals surface area (Å²) in [7, 11) is 0. The van der Waals surface area contributed by atoms with E-state index in [0.717, 1.165) is 18.4 Å². The van der Waals surface area contributed by atoms with E-state index in [1.165, 1.54) is 6.08 Å². The zero-order chi connectivity index (χ0) is 13.9. The predicted octanol–water partition coefficient (Wildman–Crippen LogP) is 2.61. The molecule has 1 aromatic rings. The maximum atomic E-state index is 11.4. The summed E-state index contributed by atoms with van der Waals surface area (Å²) in [4.78, 5) is 14.1. The highest BCUT2D eigenvalue weighted by atomic mass is 16.3. The van der Waals surface area contributed by atoms with Crippen molar-refractivity contribution in [1.82, 2.24) is 5.32 Å². The number of rotatable bonds is 7. The summed E-state index contributed by atoms with van der Waals surface area (Å²) in [6.07, 6.45) is 4.65. The van der Waals surface area contributed by atoms with Gasteiger partial charge in [0.2, 0.25) is 5.91 Å². The van der Waals surface area contributed by atoms with Gasteiger partial charge in [0.05, 0.1) is 0 Å². The Morgan fingerprint density at radius 3 is 2.79 bits per heavy atom. The number of benzene rings is 1. The fourth-order valence-corrected chi connectivity index (χ4v) is 1.38. The number of carbonyl (C=O) groups excluding carboxylic acids is 1. The van der Waals surface area contributed by atoms with Gasteiger partial charge in [-0.2, -0.15) is 0 Å². The lowest BCUT2D eigenvalue weighted by Gasteiger charge is -2.00. The summed E-state index contributed by atoms with van der Waals surface area (Å²) in [5.74, 6) is 0.0264. The van der Waals surface area contributed by atoms with E-state index in [2.05, 4.69) is 15.3 Å². The second kappa shape index (κ2) is 8.60. The standard InChI is InChI=1S/C13H16N4O2/c14-17-16-10-2-1-9-15-13(19)8-5-11-3-6-12(18)7-4-11/h3-8,18H,1-2,9-10H2,(H,15,19)/b8-5+. The SMILES string of the molecule is [N-]=[N+]=NCCCCNC(=O)/C=C/c1ccc(O)cc1. The van der Waals surface area contributed by atoms with Crippen LogP contribution < -0.4 is 5.32 Å². The number of unbranched alkanes of at least 4 members (excludes halogenated alkanes) is 1. The first-order chi connectivity index (χ1) is 9.22. The van der Waals surface area contributed by atoms with E-state index in [-0.39, 0.29) is 11.7 Å². The molecular weight excluding hydrogens is 244 g/mol. The minimum atomic E-state index is -0.170. The molecule has 0 saturated carbocycles. The second-order valence-corrected chi connectivity index (χ2v) is 3.88. The van der Waals surface area contributed by atoms with E-state index in [0.29, 0.717) is 13.1 Å². The lowest BCUT2D eigenvalue weighted by atomic mass is 10.2. The molecule has 100 valence electrons. The van der Waals surface area contributed by atoms with E-state index in [1.807, 2.05) is 0 Å². The number of phenols is 1. The van der Waals surface area contributed by atoms with Crippen molar-refractivity contribution in [3.05, 3.63) is 46.3 Å². The minimum absolute atomic E-state index is 0.170. The van der Waals surface area contributed by atoms with Crippen LogP contribution in [-0.2, 0) is 4.79 Å². The molecule has 0 bridgehead atoms. The van der Waals surface area contributed by atoms with Crippen molar-refractivity contribution < 1.29 is 9.90 Å². The number of amides is 1. The Balaban J connectivity index is 2.23. The Morgan fingerprint density at radius 1 is 1.37 bits per heavy atom. The predicted molar refractivity (Wildman–Crippen MR) is 73.4 cm³/mol. The van der Waals surface area contributed by atoms with Gasteiger partial charge in [-0.05, 0) is 42.1 Å². The number of nitrogens with zero attached hydrogens (tertiary/aromatic N) is 3. The molecule has 1 rings (SSSR count). The van der Waals surface area contributed by atoms with Gasteiger partial charge in [-0.1, -0.05) is 17.2 Å². The largest absolute Gasteiger partial charge is 0.508 e. The highest BCUT2D eigenvalue weighted by Gasteiger charge is 1.95. The van der Waals surface area contributed by atoms with Gasteiger partial charge in [-0.25, -0.2) is 0 Å². The molecule has 6 nitrogen and oxygen atoms in total. The van der Waals surface area contributed by atoms with Gasteiger partial charge in [-0.3, -0.25) is 4.79 Å². The van der Waals surface area contributed by atoms with Crippen LogP contribution in [0.3, 0.4) is 0 Å². The molecule has 6 heteroatoms. The smallest absolute Gasteiger partial charge is 0.243 e. The van der Waals surface area contributed by atoms with Crippen molar-refractivity contribution in [2.24, 2.45) is 5.11 Å². The summed E-state index contributed by atoms with van der Waals surface area (Å²) in [6, 6.07) is 6.57. The molecule has 0 aliphatic rings. The molecule has 0 heterocycles. The average Bonchev–Trinajstić information content (AvgIpc) is 2.42. The number of nitrogens with one attached hydrogen (secondary N) is 1. The molecule has 0 spiro atoms. The molecular formula is C13H16N4O2. The number of hydrogen-bond donors (Lipinski definition) is 2. The van der Waals surface area contributed by atoms with Crippen LogP contribution in [0, 0.1) is 0 Å². The van der Waals surface area contributed by atoms with Crippen LogP contribution in [0.1, 0.15) is 18.4 Å². The van der Waals surface area contributed by atoms with Gasteiger partial charge < -0.3 is 10.4 Å². The summed E-state index contributed by atoms with van der Waals surface area (Å²) in [6.45, 7) is 1.01. The highest BCUT2D eigenvalue weighted by molar-refractivity contribution is 5.91. The highest BCUT2D eigenvalue weighted by Crippen LogP contribution is 2.10. The molecule has 0 saturated heterocycles. The Labute approximate surface area is 111 Å². The minimum Gasteiger partial charge on any atom is -0.508 e. The third-order valence-electron chi connectivity index (χ3n) is 2.37. The van der Waals surface area contributed by atoms with E-state index < -0.39 is 0 Å². The molecule has 1 amide bonds. The molecule has 0 aromatic heterocycles. The van der Waals surface area contributed by atoms with Gasteiger partial charge in [0, 0.05) is 24.1 Å². The molecule has 1 aromatic carbocycles. The maximum Gasteiger partial charge on any atom is 0.243 e. The summed E-state index contributed by atoms with van der Waals surface area (Å²) < 4.78 is 0. The van der Waals surface area contributed by atoms with Crippen molar-refractivity contribution >= 4 is 12.0 Å². The summed E-state index contributed by atoms with van der Waals surface area (Å²) >= 11 is 0. The van der Waals surface area contributed by atoms with Crippen LogP contribution in [0.15, 0.2) is 35.5 Å². The molecule has 0 fully saturated rings. The lowest BCUT2D eigenvalue weighted by molar-refractivity contribution is -0.116. The van der Waals surface area contributed by atoms with Crippen LogP contribution in [-0.4, -0.2) is 24.1 Å². The fraction of sp³-hybridized carbons (Fsp3) is 0.308. The zero-order valence-corrected chi connectivity index (χ0v) is 10.5. The van der Waals surface area contributed by atoms with Crippen LogP contribution in [0.2, 0.25) is 0 Å². The van der Waals surface area contributed by atoms with Crippen molar-refractivity contribution in [3.63, 3.8) is 0 Å². The monoisotopic (exact) mass is 260 g/mol. The Hall–Kier alpha value is -2.46. The van der Waals surface area contributed by atoms with Gasteiger partial charge in [0.15, 0.2) is 0 Å². The lowest BCUT2D eigenvalue weighted by Crippen LogP contribution is -2.22. The maximum absolute atomic E-state index is 11.4. The van der Waals surface area contributed by atoms with E-state index >= 15 is 0 Å². The number of aromatic hydroxyl groups is 1. The van der Waals surface area contributed by atoms with E-state index in [9.17, 15) is 4.79 Å². The first-order valence-corrected chi connectivity index (χ1v) is 5.98. The molecule has 0 atom stereocenters. The van der Waals surface area contributed by atoms with Crippen molar-refractivity contribution in [2.75, 3.05) is 13.1 Å². The Kier molecular flexibility index (Phi) is 6.61.